The molecule has 0 radical (unpaired) electrons. The Morgan fingerprint density at radius 1 is 1.22 bits per heavy atom. The Hall–Kier alpha value is -4.12. The van der Waals surface area contributed by atoms with Gasteiger partial charge in [0.2, 0.25) is 5.91 Å². The van der Waals surface area contributed by atoms with Crippen molar-refractivity contribution in [1.29, 1.82) is 0 Å². The highest BCUT2D eigenvalue weighted by Crippen LogP contribution is 2.20. The number of non-ortho nitro benzene ring substituents is 1. The van der Waals surface area contributed by atoms with Crippen molar-refractivity contribution in [3.8, 4) is 0 Å². The van der Waals surface area contributed by atoms with E-state index < -0.39 is 4.92 Å². The standard InChI is InChI=1S/C21H19N7O3S/c29-19(8-5-15-3-6-16(7-4-15)28(30)31)22-9-10-27-21-18(13-26-27)20(24-14-25-21)23-12-17-2-1-11-32-17/h1-8,11,13-14H,9-10,12H2,(H,22,29)(H,23,24,25)/b8-5+. The molecule has 0 aliphatic rings. The maximum atomic E-state index is 12.1. The summed E-state index contributed by atoms with van der Waals surface area (Å²) in [6.45, 7) is 1.48. The third kappa shape index (κ3) is 5.13. The fourth-order valence-corrected chi connectivity index (χ4v) is 3.65. The lowest BCUT2D eigenvalue weighted by Gasteiger charge is -2.06. The molecule has 1 amide bonds. The molecular formula is C21H19N7O3S. The Bertz CT molecular complexity index is 1250. The highest BCUT2D eigenvalue weighted by atomic mass is 32.1. The predicted octanol–water partition coefficient (Wildman–Crippen LogP) is 3.24. The maximum Gasteiger partial charge on any atom is 0.269 e. The van der Waals surface area contributed by atoms with E-state index >= 15 is 0 Å². The van der Waals surface area contributed by atoms with Gasteiger partial charge < -0.3 is 10.6 Å². The molecule has 2 N–H and O–H groups in total. The first-order chi connectivity index (χ1) is 15.6. The number of anilines is 1. The molecule has 0 atom stereocenters. The van der Waals surface area contributed by atoms with Gasteiger partial charge in [0.1, 0.15) is 12.1 Å². The van der Waals surface area contributed by atoms with E-state index in [9.17, 15) is 14.9 Å². The van der Waals surface area contributed by atoms with Crippen LogP contribution in [0.15, 0.2) is 60.4 Å². The predicted molar refractivity (Wildman–Crippen MR) is 122 cm³/mol. The molecule has 3 aromatic heterocycles. The zero-order valence-electron chi connectivity index (χ0n) is 16.8. The quantitative estimate of drug-likeness (QED) is 0.228. The summed E-state index contributed by atoms with van der Waals surface area (Å²) in [5.74, 6) is 0.442. The van der Waals surface area contributed by atoms with E-state index in [1.54, 1.807) is 40.4 Å². The minimum absolute atomic E-state index is 0.00624. The molecule has 11 heteroatoms. The average Bonchev–Trinajstić information content (AvgIpc) is 3.47. The third-order valence-corrected chi connectivity index (χ3v) is 5.47. The SMILES string of the molecule is O=C(/C=C/c1ccc([N+](=O)[O-])cc1)NCCn1ncc2c(NCc3cccs3)ncnc21. The number of aromatic nitrogens is 4. The summed E-state index contributed by atoms with van der Waals surface area (Å²) < 4.78 is 1.72. The first-order valence-corrected chi connectivity index (χ1v) is 10.6. The summed E-state index contributed by atoms with van der Waals surface area (Å²) in [4.78, 5) is 32.1. The van der Waals surface area contributed by atoms with E-state index in [-0.39, 0.29) is 11.6 Å². The molecule has 3 heterocycles. The molecule has 4 aromatic rings. The number of thiophene rings is 1. The summed E-state index contributed by atoms with van der Waals surface area (Å²) in [7, 11) is 0. The number of nitro groups is 1. The van der Waals surface area contributed by atoms with Gasteiger partial charge in [-0.25, -0.2) is 14.6 Å². The van der Waals surface area contributed by atoms with Gasteiger partial charge in [-0.3, -0.25) is 14.9 Å². The lowest BCUT2D eigenvalue weighted by molar-refractivity contribution is -0.384. The van der Waals surface area contributed by atoms with Gasteiger partial charge in [0.05, 0.1) is 29.6 Å². The fraction of sp³-hybridized carbons (Fsp3) is 0.143. The van der Waals surface area contributed by atoms with Crippen molar-refractivity contribution >= 4 is 45.9 Å². The molecule has 32 heavy (non-hydrogen) atoms. The lowest BCUT2D eigenvalue weighted by atomic mass is 10.2. The zero-order chi connectivity index (χ0) is 22.3. The van der Waals surface area contributed by atoms with E-state index in [4.69, 9.17) is 0 Å². The van der Waals surface area contributed by atoms with Crippen molar-refractivity contribution in [2.45, 2.75) is 13.1 Å². The van der Waals surface area contributed by atoms with E-state index in [1.165, 1.54) is 29.4 Å². The van der Waals surface area contributed by atoms with E-state index in [0.717, 1.165) is 5.39 Å². The maximum absolute atomic E-state index is 12.1. The normalized spacial score (nSPS) is 11.1. The van der Waals surface area contributed by atoms with Crippen LogP contribution in [0.4, 0.5) is 11.5 Å². The third-order valence-electron chi connectivity index (χ3n) is 4.60. The molecule has 0 bridgehead atoms. The average molecular weight is 449 g/mol. The molecule has 0 fully saturated rings. The molecule has 0 aliphatic carbocycles. The number of hydrogen-bond acceptors (Lipinski definition) is 8. The molecule has 162 valence electrons. The van der Waals surface area contributed by atoms with Crippen LogP contribution in [0.25, 0.3) is 17.1 Å². The van der Waals surface area contributed by atoms with Crippen molar-refractivity contribution in [3.63, 3.8) is 0 Å². The second kappa shape index (κ2) is 9.79. The molecule has 0 unspecified atom stereocenters. The summed E-state index contributed by atoms with van der Waals surface area (Å²) >= 11 is 1.67. The summed E-state index contributed by atoms with van der Waals surface area (Å²) in [5, 5.41) is 24.0. The second-order valence-corrected chi connectivity index (χ2v) is 7.77. The van der Waals surface area contributed by atoms with Crippen molar-refractivity contribution in [2.24, 2.45) is 0 Å². The van der Waals surface area contributed by atoms with Crippen LogP contribution in [0, 0.1) is 10.1 Å². The van der Waals surface area contributed by atoms with Crippen LogP contribution in [0.3, 0.4) is 0 Å². The van der Waals surface area contributed by atoms with Crippen molar-refractivity contribution in [1.82, 2.24) is 25.1 Å². The summed E-state index contributed by atoms with van der Waals surface area (Å²) in [5.41, 5.74) is 1.39. The number of nitro benzene ring substituents is 1. The number of nitrogens with one attached hydrogen (secondary N) is 2. The minimum Gasteiger partial charge on any atom is -0.364 e. The van der Waals surface area contributed by atoms with Crippen LogP contribution in [0.1, 0.15) is 10.4 Å². The van der Waals surface area contributed by atoms with Crippen molar-refractivity contribution in [3.05, 3.63) is 80.9 Å². The molecule has 10 nitrogen and oxygen atoms in total. The topological polar surface area (TPSA) is 128 Å². The summed E-state index contributed by atoms with van der Waals surface area (Å²) in [6.07, 6.45) is 6.18. The first kappa shape index (κ1) is 21.1. The second-order valence-electron chi connectivity index (χ2n) is 6.73. The lowest BCUT2D eigenvalue weighted by Crippen LogP contribution is -2.25. The fourth-order valence-electron chi connectivity index (χ4n) is 3.00. The largest absolute Gasteiger partial charge is 0.364 e. The van der Waals surface area contributed by atoms with Crippen molar-refractivity contribution < 1.29 is 9.72 Å². The smallest absolute Gasteiger partial charge is 0.269 e. The molecule has 0 spiro atoms. The number of carbonyl (C=O) groups is 1. The van der Waals surface area contributed by atoms with E-state index in [1.807, 2.05) is 11.4 Å². The van der Waals surface area contributed by atoms with Gasteiger partial charge in [-0.1, -0.05) is 6.07 Å². The summed E-state index contributed by atoms with van der Waals surface area (Å²) in [6, 6.07) is 10.0. The highest BCUT2D eigenvalue weighted by Gasteiger charge is 2.10. The zero-order valence-corrected chi connectivity index (χ0v) is 17.7. The van der Waals surface area contributed by atoms with Gasteiger partial charge in [-0.15, -0.1) is 11.3 Å². The molecule has 4 rings (SSSR count). The van der Waals surface area contributed by atoms with Gasteiger partial charge in [-0.05, 0) is 35.2 Å². The monoisotopic (exact) mass is 449 g/mol. The van der Waals surface area contributed by atoms with Crippen LogP contribution < -0.4 is 10.6 Å². The molecule has 1 aromatic carbocycles. The Morgan fingerprint density at radius 3 is 2.81 bits per heavy atom. The van der Waals surface area contributed by atoms with Gasteiger partial charge in [0.25, 0.3) is 5.69 Å². The van der Waals surface area contributed by atoms with Crippen LogP contribution in [0.2, 0.25) is 0 Å². The number of amides is 1. The first-order valence-electron chi connectivity index (χ1n) is 9.73. The highest BCUT2D eigenvalue weighted by molar-refractivity contribution is 7.09. The van der Waals surface area contributed by atoms with Gasteiger partial charge >= 0.3 is 0 Å². The van der Waals surface area contributed by atoms with E-state index in [0.29, 0.717) is 36.7 Å². The number of nitrogens with zero attached hydrogens (tertiary/aromatic N) is 5. The number of benzene rings is 1. The number of fused-ring (bicyclic) bond motifs is 1. The molecular weight excluding hydrogens is 430 g/mol. The van der Waals surface area contributed by atoms with Crippen LogP contribution in [-0.4, -0.2) is 37.1 Å². The Morgan fingerprint density at radius 2 is 2.06 bits per heavy atom. The van der Waals surface area contributed by atoms with E-state index in [2.05, 4.69) is 31.8 Å². The number of hydrogen-bond donors (Lipinski definition) is 2. The number of rotatable bonds is 9. The van der Waals surface area contributed by atoms with Crippen LogP contribution in [-0.2, 0) is 17.9 Å². The number of carbonyl (C=O) groups excluding carboxylic acids is 1. The van der Waals surface area contributed by atoms with Crippen LogP contribution >= 0.6 is 11.3 Å². The van der Waals surface area contributed by atoms with Gasteiger partial charge in [0, 0.05) is 29.6 Å². The minimum atomic E-state index is -0.465. The Labute approximate surface area is 186 Å². The van der Waals surface area contributed by atoms with Crippen LogP contribution in [0.5, 0.6) is 0 Å². The Kier molecular flexibility index (Phi) is 6.46. The van der Waals surface area contributed by atoms with Gasteiger partial charge in [-0.2, -0.15) is 5.10 Å². The van der Waals surface area contributed by atoms with Gasteiger partial charge in [0.15, 0.2) is 5.65 Å². The van der Waals surface area contributed by atoms with Crippen molar-refractivity contribution in [2.75, 3.05) is 11.9 Å². The molecule has 0 saturated heterocycles. The molecule has 0 aliphatic heterocycles. The Balaban J connectivity index is 1.31. The molecule has 0 saturated carbocycles.